The first kappa shape index (κ1) is 17.5. The lowest BCUT2D eigenvalue weighted by atomic mass is 9.97. The van der Waals surface area contributed by atoms with Crippen molar-refractivity contribution in [2.45, 2.75) is 19.8 Å². The van der Waals surface area contributed by atoms with Crippen molar-refractivity contribution in [2.24, 2.45) is 5.92 Å². The summed E-state index contributed by atoms with van der Waals surface area (Å²) in [4.78, 5) is 12.3. The molecule has 8 heteroatoms. The Hall–Kier alpha value is -0.820. The maximum Gasteiger partial charge on any atom is 0.227 e. The van der Waals surface area contributed by atoms with Crippen LogP contribution in [-0.2, 0) is 14.8 Å². The van der Waals surface area contributed by atoms with Crippen molar-refractivity contribution in [3.05, 3.63) is 27.7 Å². The van der Waals surface area contributed by atoms with Crippen molar-refractivity contribution in [3.8, 4) is 0 Å². The van der Waals surface area contributed by atoms with Gasteiger partial charge in [-0.15, -0.1) is 0 Å². The number of halogens is 2. The van der Waals surface area contributed by atoms with Gasteiger partial charge in [-0.3, -0.25) is 4.79 Å². The normalized spacial score (nSPS) is 17.5. The van der Waals surface area contributed by atoms with Gasteiger partial charge >= 0.3 is 0 Å². The highest BCUT2D eigenvalue weighted by atomic mass is 35.5. The van der Waals surface area contributed by atoms with Gasteiger partial charge in [-0.2, -0.15) is 0 Å². The first-order valence-corrected chi connectivity index (χ1v) is 9.50. The zero-order valence-corrected chi connectivity index (χ0v) is 14.7. The van der Waals surface area contributed by atoms with E-state index in [1.54, 1.807) is 19.1 Å². The first-order chi connectivity index (χ1) is 10.2. The minimum Gasteiger partial charge on any atom is -0.326 e. The summed E-state index contributed by atoms with van der Waals surface area (Å²) in [6.07, 6.45) is 2.20. The quantitative estimate of drug-likeness (QED) is 0.896. The van der Waals surface area contributed by atoms with E-state index in [4.69, 9.17) is 23.2 Å². The molecule has 0 spiro atoms. The third-order valence-electron chi connectivity index (χ3n) is 3.84. The molecule has 0 radical (unpaired) electrons. The number of rotatable bonds is 3. The standard InChI is InChI=1S/C14H18Cl2N2O3S/c1-9-12(15)7-11(8-13(9)16)17-14(19)10-3-5-18(6-4-10)22(2,20)21/h7-8,10H,3-6H2,1-2H3,(H,17,19). The number of amides is 1. The van der Waals surface area contributed by atoms with Crippen LogP contribution in [0.3, 0.4) is 0 Å². The van der Waals surface area contributed by atoms with Gasteiger partial charge in [0.25, 0.3) is 0 Å². The van der Waals surface area contributed by atoms with Crippen LogP contribution in [0.2, 0.25) is 10.0 Å². The third kappa shape index (κ3) is 4.13. The van der Waals surface area contributed by atoms with E-state index in [2.05, 4.69) is 5.32 Å². The molecule has 1 aromatic rings. The summed E-state index contributed by atoms with van der Waals surface area (Å²) >= 11 is 12.1. The molecule has 0 aromatic heterocycles. The van der Waals surface area contributed by atoms with E-state index < -0.39 is 10.0 Å². The monoisotopic (exact) mass is 364 g/mol. The maximum atomic E-state index is 12.3. The number of nitrogens with one attached hydrogen (secondary N) is 1. The van der Waals surface area contributed by atoms with Crippen LogP contribution >= 0.6 is 23.2 Å². The van der Waals surface area contributed by atoms with Gasteiger partial charge in [0.05, 0.1) is 6.26 Å². The highest BCUT2D eigenvalue weighted by molar-refractivity contribution is 7.88. The summed E-state index contributed by atoms with van der Waals surface area (Å²) in [7, 11) is -3.18. The maximum absolute atomic E-state index is 12.3. The average Bonchev–Trinajstić information content (AvgIpc) is 2.44. The van der Waals surface area contributed by atoms with Crippen LogP contribution in [0.25, 0.3) is 0 Å². The van der Waals surface area contributed by atoms with E-state index >= 15 is 0 Å². The Morgan fingerprint density at radius 1 is 1.23 bits per heavy atom. The van der Waals surface area contributed by atoms with Gasteiger partial charge in [0.15, 0.2) is 0 Å². The number of anilines is 1. The Labute approximate surface area is 140 Å². The van der Waals surface area contributed by atoms with E-state index in [0.717, 1.165) is 5.56 Å². The molecule has 0 aliphatic carbocycles. The Kier molecular flexibility index (Phi) is 5.37. The lowest BCUT2D eigenvalue weighted by Crippen LogP contribution is -2.40. The summed E-state index contributed by atoms with van der Waals surface area (Å²) < 4.78 is 24.3. The van der Waals surface area contributed by atoms with Crippen molar-refractivity contribution in [1.82, 2.24) is 4.31 Å². The molecule has 0 atom stereocenters. The minimum absolute atomic E-state index is 0.135. The van der Waals surface area contributed by atoms with Gasteiger partial charge < -0.3 is 5.32 Å². The molecule has 2 rings (SSSR count). The molecule has 0 saturated carbocycles. The van der Waals surface area contributed by atoms with E-state index in [1.807, 2.05) is 0 Å². The summed E-state index contributed by atoms with van der Waals surface area (Å²) in [6, 6.07) is 3.32. The Morgan fingerprint density at radius 3 is 2.18 bits per heavy atom. The Bertz CT molecular complexity index is 660. The van der Waals surface area contributed by atoms with Gasteiger partial charge in [-0.25, -0.2) is 12.7 Å². The second-order valence-corrected chi connectivity index (χ2v) is 8.29. The van der Waals surface area contributed by atoms with Gasteiger partial charge in [-0.1, -0.05) is 23.2 Å². The molecule has 1 aliphatic heterocycles. The second-order valence-electron chi connectivity index (χ2n) is 5.49. The third-order valence-corrected chi connectivity index (χ3v) is 5.93. The van der Waals surface area contributed by atoms with Crippen molar-refractivity contribution in [2.75, 3.05) is 24.7 Å². The van der Waals surface area contributed by atoms with E-state index in [9.17, 15) is 13.2 Å². The molecular weight excluding hydrogens is 347 g/mol. The number of sulfonamides is 1. The molecule has 1 N–H and O–H groups in total. The van der Waals surface area contributed by atoms with Crippen LogP contribution in [0.5, 0.6) is 0 Å². The molecule has 1 heterocycles. The molecule has 0 unspecified atom stereocenters. The fourth-order valence-electron chi connectivity index (χ4n) is 2.41. The van der Waals surface area contributed by atoms with Crippen molar-refractivity contribution in [1.29, 1.82) is 0 Å². The number of carbonyl (C=O) groups excluding carboxylic acids is 1. The topological polar surface area (TPSA) is 66.5 Å². The fraction of sp³-hybridized carbons (Fsp3) is 0.500. The number of piperidine rings is 1. The van der Waals surface area contributed by atoms with E-state index in [1.165, 1.54) is 10.6 Å². The second kappa shape index (κ2) is 6.74. The molecule has 1 saturated heterocycles. The number of nitrogens with zero attached hydrogens (tertiary/aromatic N) is 1. The van der Waals surface area contributed by atoms with E-state index in [-0.39, 0.29) is 11.8 Å². The van der Waals surface area contributed by atoms with Crippen LogP contribution in [0.1, 0.15) is 18.4 Å². The molecule has 1 amide bonds. The summed E-state index contributed by atoms with van der Waals surface area (Å²) in [5.74, 6) is -0.346. The van der Waals surface area contributed by atoms with E-state index in [0.29, 0.717) is 41.7 Å². The number of carbonyl (C=O) groups is 1. The lowest BCUT2D eigenvalue weighted by molar-refractivity contribution is -0.120. The minimum atomic E-state index is -3.18. The fourth-order valence-corrected chi connectivity index (χ4v) is 3.77. The van der Waals surface area contributed by atoms with Crippen LogP contribution in [-0.4, -0.2) is 38.0 Å². The molecule has 122 valence electrons. The Morgan fingerprint density at radius 2 is 1.73 bits per heavy atom. The molecule has 1 fully saturated rings. The van der Waals surface area contributed by atoms with Crippen LogP contribution < -0.4 is 5.32 Å². The lowest BCUT2D eigenvalue weighted by Gasteiger charge is -2.29. The summed E-state index contributed by atoms with van der Waals surface area (Å²) in [6.45, 7) is 2.54. The highest BCUT2D eigenvalue weighted by Gasteiger charge is 2.29. The first-order valence-electron chi connectivity index (χ1n) is 6.90. The van der Waals surface area contributed by atoms with Gasteiger partial charge in [0.2, 0.25) is 15.9 Å². The molecule has 1 aromatic carbocycles. The number of hydrogen-bond acceptors (Lipinski definition) is 3. The van der Waals surface area contributed by atoms with Crippen LogP contribution in [0, 0.1) is 12.8 Å². The molecule has 5 nitrogen and oxygen atoms in total. The van der Waals surface area contributed by atoms with Crippen molar-refractivity contribution < 1.29 is 13.2 Å². The molecule has 22 heavy (non-hydrogen) atoms. The van der Waals surface area contributed by atoms with Gasteiger partial charge in [0.1, 0.15) is 0 Å². The van der Waals surface area contributed by atoms with Gasteiger partial charge in [-0.05, 0) is 37.5 Å². The van der Waals surface area contributed by atoms with Crippen LogP contribution in [0.4, 0.5) is 5.69 Å². The molecule has 0 bridgehead atoms. The SMILES string of the molecule is Cc1c(Cl)cc(NC(=O)C2CCN(S(C)(=O)=O)CC2)cc1Cl. The van der Waals surface area contributed by atoms with Crippen molar-refractivity contribution >= 4 is 44.8 Å². The zero-order chi connectivity index (χ0) is 16.5. The average molecular weight is 365 g/mol. The van der Waals surface area contributed by atoms with Crippen molar-refractivity contribution in [3.63, 3.8) is 0 Å². The summed E-state index contributed by atoms with van der Waals surface area (Å²) in [5.41, 5.74) is 1.32. The Balaban J connectivity index is 2.00. The predicted molar refractivity (Wildman–Crippen MR) is 89.0 cm³/mol. The largest absolute Gasteiger partial charge is 0.326 e. The summed E-state index contributed by atoms with van der Waals surface area (Å²) in [5, 5.41) is 3.79. The van der Waals surface area contributed by atoms with Crippen LogP contribution in [0.15, 0.2) is 12.1 Å². The van der Waals surface area contributed by atoms with Gasteiger partial charge in [0, 0.05) is 34.7 Å². The highest BCUT2D eigenvalue weighted by Crippen LogP contribution is 2.29. The predicted octanol–water partition coefficient (Wildman–Crippen LogP) is 2.91. The smallest absolute Gasteiger partial charge is 0.227 e. The number of benzene rings is 1. The molecule has 1 aliphatic rings. The molecular formula is C14H18Cl2N2O3S. The number of hydrogen-bond donors (Lipinski definition) is 1. The zero-order valence-electron chi connectivity index (χ0n) is 12.4.